The quantitative estimate of drug-likeness (QED) is 0.245. The van der Waals surface area contributed by atoms with E-state index >= 15 is 0 Å². The first-order valence-corrected chi connectivity index (χ1v) is 14.3. The van der Waals surface area contributed by atoms with Crippen LogP contribution in [0.4, 0.5) is 19.1 Å². The van der Waals surface area contributed by atoms with Crippen LogP contribution in [0.2, 0.25) is 10.0 Å². The largest absolute Gasteiger partial charge is 0.573 e. The van der Waals surface area contributed by atoms with Gasteiger partial charge >= 0.3 is 6.36 Å². The number of H-pyrrole nitrogens is 1. The van der Waals surface area contributed by atoms with Crippen molar-refractivity contribution in [1.82, 2.24) is 30.0 Å². The lowest BCUT2D eigenvalue weighted by atomic mass is 9.98. The van der Waals surface area contributed by atoms with E-state index in [-0.39, 0.29) is 53.1 Å². The number of amides is 2. The van der Waals surface area contributed by atoms with Gasteiger partial charge in [-0.3, -0.25) is 19.5 Å². The van der Waals surface area contributed by atoms with E-state index in [1.54, 1.807) is 17.9 Å². The lowest BCUT2D eigenvalue weighted by molar-refractivity contribution is -0.274. The minimum atomic E-state index is -4.83. The van der Waals surface area contributed by atoms with Crippen molar-refractivity contribution in [3.8, 4) is 11.6 Å². The fraction of sp³-hybridized carbons (Fsp3) is 0.276. The summed E-state index contributed by atoms with van der Waals surface area (Å²) in [6.07, 6.45) is -4.65. The first-order chi connectivity index (χ1) is 21.3. The summed E-state index contributed by atoms with van der Waals surface area (Å²) in [4.78, 5) is 46.0. The molecular weight excluding hydrogens is 638 g/mol. The van der Waals surface area contributed by atoms with Gasteiger partial charge in [-0.1, -0.05) is 35.3 Å². The lowest BCUT2D eigenvalue weighted by Gasteiger charge is -2.34. The standard InChI is InChI=1S/C29H26Cl2F3N7O4/c1-14-10-19-23(13-40(14)26(43)17-6-9-20(30)21(31)11-17)37-28(41(27(19)44)24-12-22(38-39-24)25(42)35-3)36-15(2)16-4-7-18(8-5-16)45-29(32,33)34/h4-9,11-12,14-15H,10,13H2,1-3H3,(H,35,42)(H,36,37)(H,38,39)/t14-,15?/m1/s1. The molecule has 4 aromatic rings. The van der Waals surface area contributed by atoms with Crippen LogP contribution < -0.4 is 20.9 Å². The maximum absolute atomic E-state index is 14.0. The summed E-state index contributed by atoms with van der Waals surface area (Å²) in [5, 5.41) is 12.8. The van der Waals surface area contributed by atoms with Gasteiger partial charge in [-0.15, -0.1) is 13.2 Å². The third-order valence-corrected chi connectivity index (χ3v) is 8.00. The molecule has 0 saturated carbocycles. The van der Waals surface area contributed by atoms with E-state index < -0.39 is 23.9 Å². The van der Waals surface area contributed by atoms with Gasteiger partial charge < -0.3 is 20.3 Å². The van der Waals surface area contributed by atoms with Gasteiger partial charge in [0.1, 0.15) is 11.6 Å². The molecular formula is C29H26Cl2F3N7O4. The lowest BCUT2D eigenvalue weighted by Crippen LogP contribution is -2.46. The number of hydrogen-bond donors (Lipinski definition) is 3. The molecule has 45 heavy (non-hydrogen) atoms. The number of aromatic amines is 1. The second kappa shape index (κ2) is 12.4. The van der Waals surface area contributed by atoms with Gasteiger partial charge in [-0.25, -0.2) is 9.55 Å². The Hall–Kier alpha value is -4.56. The second-order valence-corrected chi connectivity index (χ2v) is 11.1. The van der Waals surface area contributed by atoms with E-state index in [1.165, 1.54) is 54.1 Å². The average Bonchev–Trinajstić information content (AvgIpc) is 3.47. The molecule has 0 bridgehead atoms. The first kappa shape index (κ1) is 31.9. The Kier molecular flexibility index (Phi) is 8.81. The number of benzene rings is 2. The Morgan fingerprint density at radius 1 is 1.11 bits per heavy atom. The zero-order valence-electron chi connectivity index (χ0n) is 24.0. The van der Waals surface area contributed by atoms with Crippen molar-refractivity contribution >= 4 is 41.0 Å². The molecule has 0 spiro atoms. The number of carbonyl (C=O) groups is 2. The van der Waals surface area contributed by atoms with Gasteiger partial charge in [0.25, 0.3) is 17.4 Å². The molecule has 16 heteroatoms. The van der Waals surface area contributed by atoms with Crippen LogP contribution >= 0.6 is 23.2 Å². The Labute approximate surface area is 264 Å². The number of fused-ring (bicyclic) bond motifs is 1. The van der Waals surface area contributed by atoms with Crippen LogP contribution in [0.15, 0.2) is 53.3 Å². The molecule has 0 saturated heterocycles. The Bertz CT molecular complexity index is 1830. The van der Waals surface area contributed by atoms with Gasteiger partial charge in [0.2, 0.25) is 5.95 Å². The fourth-order valence-corrected chi connectivity index (χ4v) is 5.25. The fourth-order valence-electron chi connectivity index (χ4n) is 4.95. The van der Waals surface area contributed by atoms with Crippen molar-refractivity contribution in [2.45, 2.75) is 45.3 Å². The summed E-state index contributed by atoms with van der Waals surface area (Å²) in [6, 6.07) is 10.2. The summed E-state index contributed by atoms with van der Waals surface area (Å²) >= 11 is 12.2. The van der Waals surface area contributed by atoms with E-state index in [4.69, 9.17) is 28.2 Å². The van der Waals surface area contributed by atoms with Crippen LogP contribution in [0.3, 0.4) is 0 Å². The zero-order valence-corrected chi connectivity index (χ0v) is 25.5. The number of halogens is 5. The normalized spacial score (nSPS) is 15.3. The van der Waals surface area contributed by atoms with Crippen molar-refractivity contribution < 1.29 is 27.5 Å². The van der Waals surface area contributed by atoms with Crippen LogP contribution in [0.25, 0.3) is 5.82 Å². The summed E-state index contributed by atoms with van der Waals surface area (Å²) < 4.78 is 43.1. The average molecular weight is 664 g/mol. The number of rotatable bonds is 7. The van der Waals surface area contributed by atoms with Crippen molar-refractivity contribution in [2.75, 3.05) is 12.4 Å². The molecule has 2 aromatic carbocycles. The van der Waals surface area contributed by atoms with Gasteiger partial charge in [0, 0.05) is 30.3 Å². The highest BCUT2D eigenvalue weighted by Crippen LogP contribution is 2.29. The first-order valence-electron chi connectivity index (χ1n) is 13.6. The summed E-state index contributed by atoms with van der Waals surface area (Å²) in [5.41, 5.74) is 1.16. The SMILES string of the molecule is CNC(=O)c1cc(-n2c(NC(C)c3ccc(OC(F)(F)F)cc3)nc3c(c2=O)C[C@@H](C)N(C(=O)c2ccc(Cl)c(Cl)c2)C3)[nH]n1. The van der Waals surface area contributed by atoms with Crippen molar-refractivity contribution in [3.63, 3.8) is 0 Å². The molecule has 2 atom stereocenters. The highest BCUT2D eigenvalue weighted by Gasteiger charge is 2.33. The predicted molar refractivity (Wildman–Crippen MR) is 160 cm³/mol. The van der Waals surface area contributed by atoms with Gasteiger partial charge in [-0.05, 0) is 56.2 Å². The van der Waals surface area contributed by atoms with Crippen LogP contribution in [-0.2, 0) is 13.0 Å². The molecule has 2 aromatic heterocycles. The zero-order chi connectivity index (χ0) is 32.6. The Balaban J connectivity index is 1.53. The topological polar surface area (TPSA) is 134 Å². The summed E-state index contributed by atoms with van der Waals surface area (Å²) in [6.45, 7) is 3.54. The van der Waals surface area contributed by atoms with Crippen molar-refractivity contribution in [1.29, 1.82) is 0 Å². The number of alkyl halides is 3. The van der Waals surface area contributed by atoms with E-state index in [2.05, 4.69) is 25.6 Å². The molecule has 2 amide bonds. The molecule has 1 unspecified atom stereocenters. The molecule has 0 aliphatic carbocycles. The van der Waals surface area contributed by atoms with Crippen molar-refractivity contribution in [2.24, 2.45) is 0 Å². The third-order valence-electron chi connectivity index (χ3n) is 7.27. The number of hydrogen-bond acceptors (Lipinski definition) is 7. The molecule has 0 radical (unpaired) electrons. The van der Waals surface area contributed by atoms with Crippen LogP contribution in [0.1, 0.15) is 57.6 Å². The molecule has 1 aliphatic rings. The minimum absolute atomic E-state index is 0.00463. The number of carbonyl (C=O) groups excluding carboxylic acids is 2. The van der Waals surface area contributed by atoms with E-state index in [1.807, 2.05) is 6.92 Å². The number of ether oxygens (including phenoxy) is 1. The molecule has 3 heterocycles. The third kappa shape index (κ3) is 6.76. The maximum atomic E-state index is 14.0. The highest BCUT2D eigenvalue weighted by molar-refractivity contribution is 6.42. The highest BCUT2D eigenvalue weighted by atomic mass is 35.5. The van der Waals surface area contributed by atoms with E-state index in [0.717, 1.165) is 0 Å². The van der Waals surface area contributed by atoms with Crippen LogP contribution in [0, 0.1) is 0 Å². The number of nitrogens with one attached hydrogen (secondary N) is 3. The number of aromatic nitrogens is 4. The van der Waals surface area contributed by atoms with Crippen LogP contribution in [0.5, 0.6) is 5.75 Å². The van der Waals surface area contributed by atoms with E-state index in [9.17, 15) is 27.6 Å². The van der Waals surface area contributed by atoms with Gasteiger partial charge in [0.15, 0.2) is 5.69 Å². The monoisotopic (exact) mass is 663 g/mol. The smallest absolute Gasteiger partial charge is 0.406 e. The second-order valence-electron chi connectivity index (χ2n) is 10.3. The minimum Gasteiger partial charge on any atom is -0.406 e. The Morgan fingerprint density at radius 2 is 1.82 bits per heavy atom. The summed E-state index contributed by atoms with van der Waals surface area (Å²) in [5.74, 6) is -0.997. The molecule has 5 rings (SSSR count). The maximum Gasteiger partial charge on any atom is 0.573 e. The molecule has 0 fully saturated rings. The van der Waals surface area contributed by atoms with Gasteiger partial charge in [-0.2, -0.15) is 5.10 Å². The molecule has 236 valence electrons. The number of anilines is 1. The summed E-state index contributed by atoms with van der Waals surface area (Å²) in [7, 11) is 1.44. The molecule has 1 aliphatic heterocycles. The van der Waals surface area contributed by atoms with Crippen molar-refractivity contribution in [3.05, 3.63) is 97.0 Å². The molecule has 11 nitrogen and oxygen atoms in total. The number of nitrogens with zero attached hydrogens (tertiary/aromatic N) is 4. The van der Waals surface area contributed by atoms with Crippen LogP contribution in [-0.4, -0.2) is 55.9 Å². The van der Waals surface area contributed by atoms with Gasteiger partial charge in [0.05, 0.1) is 28.3 Å². The Morgan fingerprint density at radius 3 is 2.47 bits per heavy atom. The van der Waals surface area contributed by atoms with E-state index in [0.29, 0.717) is 27.4 Å². The predicted octanol–water partition coefficient (Wildman–Crippen LogP) is 5.28. The molecule has 3 N–H and O–H groups in total.